The van der Waals surface area contributed by atoms with E-state index in [4.69, 9.17) is 9.47 Å². The molecule has 0 aromatic heterocycles. The number of ether oxygens (including phenoxy) is 2. The number of hydrogen-bond acceptors (Lipinski definition) is 4. The van der Waals surface area contributed by atoms with Gasteiger partial charge in [0.15, 0.2) is 11.5 Å². The Labute approximate surface area is 177 Å². The van der Waals surface area contributed by atoms with Crippen molar-refractivity contribution >= 4 is 5.69 Å². The summed E-state index contributed by atoms with van der Waals surface area (Å²) in [4.78, 5) is 5.23. The molecular formula is C25H40N2O2. The van der Waals surface area contributed by atoms with Gasteiger partial charge in [-0.1, -0.05) is 41.0 Å². The highest BCUT2D eigenvalue weighted by atomic mass is 16.7. The zero-order chi connectivity index (χ0) is 20.6. The molecule has 0 spiro atoms. The minimum atomic E-state index is 0.352. The number of hydrogen-bond donors (Lipinski definition) is 0. The second-order valence-electron chi connectivity index (χ2n) is 11.1. The smallest absolute Gasteiger partial charge is 0.231 e. The fourth-order valence-electron chi connectivity index (χ4n) is 6.21. The Hall–Kier alpha value is -1.42. The van der Waals surface area contributed by atoms with Crippen LogP contribution in [0.1, 0.15) is 78.2 Å². The van der Waals surface area contributed by atoms with Crippen LogP contribution in [0.15, 0.2) is 12.1 Å². The van der Waals surface area contributed by atoms with Gasteiger partial charge in [0, 0.05) is 37.9 Å². The maximum absolute atomic E-state index is 5.79. The van der Waals surface area contributed by atoms with E-state index in [0.29, 0.717) is 23.5 Å². The first kappa shape index (κ1) is 20.8. The maximum atomic E-state index is 5.79. The molecule has 1 saturated heterocycles. The zero-order valence-corrected chi connectivity index (χ0v) is 19.2. The highest BCUT2D eigenvalue weighted by molar-refractivity contribution is 5.64. The van der Waals surface area contributed by atoms with Gasteiger partial charge in [0.1, 0.15) is 0 Å². The Morgan fingerprint density at radius 3 is 2.17 bits per heavy atom. The summed E-state index contributed by atoms with van der Waals surface area (Å²) in [6.07, 6.45) is 6.38. The molecule has 4 heteroatoms. The molecule has 29 heavy (non-hydrogen) atoms. The SMILES string of the molecule is CCCCN1CCN(c2cc3c(cc2C2CC(C)(C)CC(C)(C)C2)OCO3)CC1. The molecule has 1 saturated carbocycles. The Morgan fingerprint density at radius 1 is 0.931 bits per heavy atom. The van der Waals surface area contributed by atoms with E-state index in [1.165, 1.54) is 49.9 Å². The number of fused-ring (bicyclic) bond motifs is 1. The fraction of sp³-hybridized carbons (Fsp3) is 0.760. The summed E-state index contributed by atoms with van der Waals surface area (Å²) in [5.41, 5.74) is 3.62. The van der Waals surface area contributed by atoms with Crippen LogP contribution in [0, 0.1) is 10.8 Å². The average molecular weight is 401 g/mol. The van der Waals surface area contributed by atoms with Crippen molar-refractivity contribution in [2.45, 2.75) is 72.6 Å². The highest BCUT2D eigenvalue weighted by Crippen LogP contribution is 2.54. The van der Waals surface area contributed by atoms with Crippen molar-refractivity contribution in [1.82, 2.24) is 4.90 Å². The summed E-state index contributed by atoms with van der Waals surface area (Å²) in [5, 5.41) is 0. The molecule has 0 N–H and O–H groups in total. The molecule has 0 unspecified atom stereocenters. The minimum absolute atomic E-state index is 0.352. The summed E-state index contributed by atoms with van der Waals surface area (Å²) < 4.78 is 11.6. The van der Waals surface area contributed by atoms with Gasteiger partial charge in [-0.15, -0.1) is 0 Å². The predicted octanol–water partition coefficient (Wildman–Crippen LogP) is 5.66. The fourth-order valence-corrected chi connectivity index (χ4v) is 6.21. The molecule has 2 fully saturated rings. The van der Waals surface area contributed by atoms with E-state index in [1.54, 1.807) is 0 Å². The third-order valence-electron chi connectivity index (χ3n) is 7.06. The Morgan fingerprint density at radius 2 is 1.55 bits per heavy atom. The van der Waals surface area contributed by atoms with Gasteiger partial charge in [0.2, 0.25) is 6.79 Å². The first-order valence-corrected chi connectivity index (χ1v) is 11.7. The Bertz CT molecular complexity index is 704. The lowest BCUT2D eigenvalue weighted by Gasteiger charge is -2.46. The van der Waals surface area contributed by atoms with Gasteiger partial charge >= 0.3 is 0 Å². The quantitative estimate of drug-likeness (QED) is 0.637. The van der Waals surface area contributed by atoms with Crippen LogP contribution in [0.3, 0.4) is 0 Å². The molecule has 1 aliphatic carbocycles. The summed E-state index contributed by atoms with van der Waals surface area (Å²) >= 11 is 0. The number of anilines is 1. The summed E-state index contributed by atoms with van der Waals surface area (Å²) in [6, 6.07) is 4.58. The lowest BCUT2D eigenvalue weighted by atomic mass is 9.60. The largest absolute Gasteiger partial charge is 0.454 e. The van der Waals surface area contributed by atoms with Crippen molar-refractivity contribution in [3.8, 4) is 11.5 Å². The van der Waals surface area contributed by atoms with Crippen LogP contribution < -0.4 is 14.4 Å². The van der Waals surface area contributed by atoms with E-state index >= 15 is 0 Å². The molecule has 2 heterocycles. The molecule has 0 bridgehead atoms. The van der Waals surface area contributed by atoms with Crippen LogP contribution >= 0.6 is 0 Å². The summed E-state index contributed by atoms with van der Waals surface area (Å²) in [7, 11) is 0. The van der Waals surface area contributed by atoms with Gasteiger partial charge in [-0.3, -0.25) is 4.90 Å². The van der Waals surface area contributed by atoms with Crippen molar-refractivity contribution in [3.05, 3.63) is 17.7 Å². The van der Waals surface area contributed by atoms with Crippen molar-refractivity contribution in [2.24, 2.45) is 10.8 Å². The predicted molar refractivity (Wildman–Crippen MR) is 120 cm³/mol. The number of piperazine rings is 1. The molecule has 1 aromatic carbocycles. The molecule has 0 radical (unpaired) electrons. The van der Waals surface area contributed by atoms with Gasteiger partial charge in [0.05, 0.1) is 0 Å². The van der Waals surface area contributed by atoms with Crippen LogP contribution in [-0.2, 0) is 0 Å². The topological polar surface area (TPSA) is 24.9 Å². The number of unbranched alkanes of at least 4 members (excludes halogenated alkanes) is 1. The van der Waals surface area contributed by atoms with Gasteiger partial charge in [-0.2, -0.15) is 0 Å². The van der Waals surface area contributed by atoms with Crippen molar-refractivity contribution in [1.29, 1.82) is 0 Å². The molecule has 0 amide bonds. The van der Waals surface area contributed by atoms with Crippen LogP contribution in [-0.4, -0.2) is 44.4 Å². The Balaban J connectivity index is 1.61. The molecule has 1 aromatic rings. The van der Waals surface area contributed by atoms with E-state index in [2.05, 4.69) is 56.6 Å². The van der Waals surface area contributed by atoms with Gasteiger partial charge in [-0.05, 0) is 60.6 Å². The van der Waals surface area contributed by atoms with E-state index in [-0.39, 0.29) is 0 Å². The van der Waals surface area contributed by atoms with Gasteiger partial charge < -0.3 is 14.4 Å². The maximum Gasteiger partial charge on any atom is 0.231 e. The lowest BCUT2D eigenvalue weighted by molar-refractivity contribution is 0.0969. The lowest BCUT2D eigenvalue weighted by Crippen LogP contribution is -2.47. The number of nitrogens with zero attached hydrogens (tertiary/aromatic N) is 2. The van der Waals surface area contributed by atoms with Crippen molar-refractivity contribution in [3.63, 3.8) is 0 Å². The molecule has 162 valence electrons. The standard InChI is InChI=1S/C25H40N2O2/c1-6-7-8-26-9-11-27(12-10-26)21-14-23-22(28-18-29-23)13-20(21)19-15-24(2,3)17-25(4,5)16-19/h13-14,19H,6-12,15-18H2,1-5H3. The van der Waals surface area contributed by atoms with Crippen LogP contribution in [0.4, 0.5) is 5.69 Å². The second kappa shape index (κ2) is 8.02. The van der Waals surface area contributed by atoms with Gasteiger partial charge in [0.25, 0.3) is 0 Å². The Kier molecular flexibility index (Phi) is 5.76. The van der Waals surface area contributed by atoms with E-state index in [0.717, 1.165) is 37.7 Å². The van der Waals surface area contributed by atoms with Crippen LogP contribution in [0.2, 0.25) is 0 Å². The molecule has 4 nitrogen and oxygen atoms in total. The first-order valence-electron chi connectivity index (χ1n) is 11.7. The average Bonchev–Trinajstić information content (AvgIpc) is 3.11. The van der Waals surface area contributed by atoms with Crippen molar-refractivity contribution < 1.29 is 9.47 Å². The molecule has 0 atom stereocenters. The molecule has 4 rings (SSSR count). The molecule has 3 aliphatic rings. The zero-order valence-electron chi connectivity index (χ0n) is 19.2. The van der Waals surface area contributed by atoms with E-state index in [1.807, 2.05) is 0 Å². The summed E-state index contributed by atoms with van der Waals surface area (Å²) in [5.74, 6) is 2.44. The minimum Gasteiger partial charge on any atom is -0.454 e. The van der Waals surface area contributed by atoms with Crippen LogP contribution in [0.25, 0.3) is 0 Å². The third kappa shape index (κ3) is 4.68. The summed E-state index contributed by atoms with van der Waals surface area (Å²) in [6.45, 7) is 18.2. The monoisotopic (exact) mass is 400 g/mol. The van der Waals surface area contributed by atoms with Crippen molar-refractivity contribution in [2.75, 3.05) is 44.4 Å². The van der Waals surface area contributed by atoms with E-state index < -0.39 is 0 Å². The number of rotatable bonds is 5. The normalized spacial score (nSPS) is 24.1. The van der Waals surface area contributed by atoms with Gasteiger partial charge in [-0.25, -0.2) is 0 Å². The highest BCUT2D eigenvalue weighted by Gasteiger charge is 2.40. The van der Waals surface area contributed by atoms with E-state index in [9.17, 15) is 0 Å². The first-order chi connectivity index (χ1) is 13.8. The number of benzene rings is 1. The molecule has 2 aliphatic heterocycles. The van der Waals surface area contributed by atoms with Crippen LogP contribution in [0.5, 0.6) is 11.5 Å². The third-order valence-corrected chi connectivity index (χ3v) is 7.06. The second-order valence-corrected chi connectivity index (χ2v) is 11.1. The molecular weight excluding hydrogens is 360 g/mol.